The molecule has 0 N–H and O–H groups in total. The monoisotopic (exact) mass is 690 g/mol. The summed E-state index contributed by atoms with van der Waals surface area (Å²) in [4.78, 5) is 7.61. The van der Waals surface area contributed by atoms with Crippen LogP contribution < -0.4 is 9.13 Å². The maximum Gasteiger partial charge on any atom is 0.173 e. The lowest BCUT2D eigenvalue weighted by Gasteiger charge is -2.25. The van der Waals surface area contributed by atoms with Crippen molar-refractivity contribution in [2.24, 2.45) is 5.92 Å². The van der Waals surface area contributed by atoms with E-state index in [-0.39, 0.29) is 0 Å². The minimum Gasteiger partial charge on any atom is -0.303 e. The lowest BCUT2D eigenvalue weighted by molar-refractivity contribution is -0.697. The largest absolute Gasteiger partial charge is 0.303 e. The van der Waals surface area contributed by atoms with E-state index in [9.17, 15) is 0 Å². The summed E-state index contributed by atoms with van der Waals surface area (Å²) >= 11 is 0. The maximum atomic E-state index is 2.58. The first kappa shape index (κ1) is 36.2. The summed E-state index contributed by atoms with van der Waals surface area (Å²) in [7, 11) is 6.87. The van der Waals surface area contributed by atoms with Crippen molar-refractivity contribution in [1.29, 1.82) is 0 Å². The zero-order valence-corrected chi connectivity index (χ0v) is 32.0. The van der Waals surface area contributed by atoms with E-state index in [4.69, 9.17) is 0 Å². The number of hydrogen-bond donors (Lipinski definition) is 0. The van der Waals surface area contributed by atoms with E-state index in [1.54, 1.807) is 0 Å². The highest BCUT2D eigenvalue weighted by atomic mass is 15.2. The normalized spacial score (nSPS) is 24.5. The second-order valence-corrected chi connectivity index (χ2v) is 16.4. The van der Waals surface area contributed by atoms with E-state index < -0.39 is 0 Å². The maximum absolute atomic E-state index is 2.58. The molecule has 2 aromatic heterocycles. The third kappa shape index (κ3) is 9.63. The highest BCUT2D eigenvalue weighted by Gasteiger charge is 2.31. The lowest BCUT2D eigenvalue weighted by Crippen LogP contribution is -2.36. The van der Waals surface area contributed by atoms with Gasteiger partial charge in [0, 0.05) is 60.6 Å². The first-order chi connectivity index (χ1) is 25.0. The molecule has 7 rings (SSSR count). The fourth-order valence-electron chi connectivity index (χ4n) is 9.68. The third-order valence-corrected chi connectivity index (χ3v) is 12.5. The van der Waals surface area contributed by atoms with Crippen LogP contribution in [0.3, 0.4) is 0 Å². The van der Waals surface area contributed by atoms with Crippen molar-refractivity contribution in [2.75, 3.05) is 47.3 Å². The van der Waals surface area contributed by atoms with Crippen LogP contribution in [0.15, 0.2) is 79.5 Å². The summed E-state index contributed by atoms with van der Waals surface area (Å²) in [6, 6.07) is 18.6. The molecule has 6 nitrogen and oxygen atoms in total. The fraction of sp³-hybridized carbons (Fsp3) is 0.578. The molecule has 272 valence electrons. The van der Waals surface area contributed by atoms with Gasteiger partial charge in [-0.2, -0.15) is 0 Å². The van der Waals surface area contributed by atoms with Crippen LogP contribution in [0.4, 0.5) is 0 Å². The Balaban J connectivity index is 0.985. The van der Waals surface area contributed by atoms with E-state index in [0.29, 0.717) is 24.0 Å². The van der Waals surface area contributed by atoms with E-state index in [0.717, 1.165) is 38.9 Å². The minimum absolute atomic E-state index is 0.578. The van der Waals surface area contributed by atoms with Gasteiger partial charge in [-0.1, -0.05) is 18.2 Å². The summed E-state index contributed by atoms with van der Waals surface area (Å²) in [5, 5.41) is 0. The molecule has 3 saturated heterocycles. The standard InChI is InChI=1S/C45H65N6/c1-46-22-10-19-43(46)40-16-7-28-49(34-40)25-4-13-37-31-38(14-5-26-50-29-8-17-41(35-50)44-20-11-23-47(44)2)33-39(32-37)15-6-27-51-30-9-18-42(36-51)45-21-12-24-48(45)3/h7-9,16-17,28-36,42-45H,4-6,10-15,18-27H2,1-3H3/q+3/t42?,43-,44-,45-/m0/s1. The molecule has 6 heteroatoms. The van der Waals surface area contributed by atoms with Gasteiger partial charge >= 0.3 is 0 Å². The lowest BCUT2D eigenvalue weighted by atomic mass is 9.94. The van der Waals surface area contributed by atoms with E-state index >= 15 is 0 Å². The third-order valence-electron chi connectivity index (χ3n) is 12.5. The molecule has 4 aliphatic heterocycles. The smallest absolute Gasteiger partial charge is 0.173 e. The molecule has 3 aromatic rings. The summed E-state index contributed by atoms with van der Waals surface area (Å²) in [5.41, 5.74) is 7.50. The van der Waals surface area contributed by atoms with Crippen molar-refractivity contribution < 1.29 is 13.7 Å². The van der Waals surface area contributed by atoms with Gasteiger partial charge in [-0.25, -0.2) is 13.7 Å². The topological polar surface area (TPSA) is 20.5 Å². The van der Waals surface area contributed by atoms with Crippen LogP contribution in [0.1, 0.15) is 104 Å². The molecule has 3 fully saturated rings. The highest BCUT2D eigenvalue weighted by Crippen LogP contribution is 2.30. The Kier molecular flexibility index (Phi) is 12.5. The molecule has 0 bridgehead atoms. The van der Waals surface area contributed by atoms with Gasteiger partial charge in [0.05, 0.1) is 5.92 Å². The summed E-state index contributed by atoms with van der Waals surface area (Å²) in [5.74, 6) is 0.660. The van der Waals surface area contributed by atoms with Gasteiger partial charge in [0.15, 0.2) is 31.0 Å². The molecule has 1 unspecified atom stereocenters. The molecule has 0 radical (unpaired) electrons. The molecule has 4 aliphatic rings. The number of likely N-dealkylation sites (tertiary alicyclic amines) is 3. The number of benzene rings is 1. The zero-order valence-electron chi connectivity index (χ0n) is 32.0. The number of aryl methyl sites for hydroxylation is 5. The Morgan fingerprint density at radius 1 is 0.627 bits per heavy atom. The van der Waals surface area contributed by atoms with Gasteiger partial charge in [-0.05, 0) is 140 Å². The second kappa shape index (κ2) is 17.6. The van der Waals surface area contributed by atoms with Gasteiger partial charge in [-0.15, -0.1) is 0 Å². The molecular formula is C45H65N6+3. The molecular weight excluding hydrogens is 625 g/mol. The number of pyridine rings is 2. The van der Waals surface area contributed by atoms with Crippen LogP contribution >= 0.6 is 0 Å². The Morgan fingerprint density at radius 2 is 1.14 bits per heavy atom. The first-order valence-electron chi connectivity index (χ1n) is 20.5. The molecule has 6 heterocycles. The van der Waals surface area contributed by atoms with Crippen LogP contribution in [-0.4, -0.2) is 78.9 Å². The van der Waals surface area contributed by atoms with E-state index in [1.807, 2.05) is 0 Å². The number of allylic oxidation sites excluding steroid dienone is 1. The van der Waals surface area contributed by atoms with Gasteiger partial charge in [0.2, 0.25) is 0 Å². The van der Waals surface area contributed by atoms with Crippen LogP contribution in [0.25, 0.3) is 0 Å². The quantitative estimate of drug-likeness (QED) is 0.166. The number of hydrogen-bond acceptors (Lipinski definition) is 3. The van der Waals surface area contributed by atoms with Crippen molar-refractivity contribution in [3.05, 3.63) is 107 Å². The van der Waals surface area contributed by atoms with E-state index in [1.165, 1.54) is 112 Å². The summed E-state index contributed by atoms with van der Waals surface area (Å²) in [6.45, 7) is 6.93. The van der Waals surface area contributed by atoms with Crippen LogP contribution in [-0.2, 0) is 32.4 Å². The summed E-state index contributed by atoms with van der Waals surface area (Å²) in [6.07, 6.45) is 32.6. The minimum atomic E-state index is 0.578. The number of aromatic nitrogens is 2. The van der Waals surface area contributed by atoms with Crippen molar-refractivity contribution in [2.45, 2.75) is 115 Å². The van der Waals surface area contributed by atoms with Crippen molar-refractivity contribution in [3.8, 4) is 0 Å². The first-order valence-corrected chi connectivity index (χ1v) is 20.5. The number of rotatable bonds is 15. The Hall–Kier alpha value is -3.19. The number of nitrogens with zero attached hydrogens (tertiary/aromatic N) is 6. The molecule has 1 aromatic carbocycles. The second-order valence-electron chi connectivity index (χ2n) is 16.4. The van der Waals surface area contributed by atoms with Gasteiger partial charge in [0.1, 0.15) is 25.8 Å². The molecule has 0 amide bonds. The van der Waals surface area contributed by atoms with Gasteiger partial charge < -0.3 is 4.90 Å². The summed E-state index contributed by atoms with van der Waals surface area (Å²) < 4.78 is 7.36. The zero-order chi connectivity index (χ0) is 35.0. The molecule has 4 atom stereocenters. The highest BCUT2D eigenvalue weighted by molar-refractivity contribution is 5.58. The van der Waals surface area contributed by atoms with Crippen LogP contribution in [0.5, 0.6) is 0 Å². The average molecular weight is 690 g/mol. The van der Waals surface area contributed by atoms with Gasteiger partial charge in [0.25, 0.3) is 0 Å². The fourth-order valence-corrected chi connectivity index (χ4v) is 9.68. The molecule has 0 spiro atoms. The van der Waals surface area contributed by atoms with Crippen molar-refractivity contribution in [1.82, 2.24) is 14.7 Å². The Morgan fingerprint density at radius 3 is 1.63 bits per heavy atom. The average Bonchev–Trinajstić information content (AvgIpc) is 3.89. The van der Waals surface area contributed by atoms with Crippen molar-refractivity contribution in [3.63, 3.8) is 0 Å². The van der Waals surface area contributed by atoms with Crippen molar-refractivity contribution >= 4 is 6.21 Å². The predicted octanol–water partition coefficient (Wildman–Crippen LogP) is 6.70. The Bertz CT molecular complexity index is 1560. The molecule has 0 saturated carbocycles. The Labute approximate surface area is 309 Å². The van der Waals surface area contributed by atoms with Crippen LogP contribution in [0, 0.1) is 5.92 Å². The predicted molar refractivity (Wildman–Crippen MR) is 208 cm³/mol. The van der Waals surface area contributed by atoms with Crippen LogP contribution in [0.2, 0.25) is 0 Å². The van der Waals surface area contributed by atoms with E-state index in [2.05, 4.69) is 135 Å². The molecule has 51 heavy (non-hydrogen) atoms. The van der Waals surface area contributed by atoms with Gasteiger partial charge in [-0.3, -0.25) is 9.80 Å². The SMILES string of the molecule is CN1CCC[C@H]1c1ccc[n+](CCCc2cc(CCC[N+]3=CC([C@@H]4CCCN4C)CC=C3)cc(CCC[n+]3cccc([C@@H]4CCCN4C)c3)c2)c1. The molecule has 0 aliphatic carbocycles.